The zero-order chi connectivity index (χ0) is 21.4. The Hall–Kier alpha value is -3.13. The number of hydrogen-bond donors (Lipinski definition) is 0. The number of nitrogens with zero attached hydrogens (tertiary/aromatic N) is 5. The standard InChI is InChI=1S/C22H27N5O3/c1-14-11-19(25(4)23-14)22(28)26-9-10-30-13-20(26)21-15(2)24-27(16(21)3)17-7-6-8-18(12-17)29-5/h6-8,11-12,20H,9-10,13H2,1-5H3/t20-/m1/s1. The van der Waals surface area contributed by atoms with Gasteiger partial charge in [-0.25, -0.2) is 4.68 Å². The molecule has 1 saturated heterocycles. The second-order valence-corrected chi connectivity index (χ2v) is 7.58. The van der Waals surface area contributed by atoms with Crippen LogP contribution in [0.15, 0.2) is 30.3 Å². The largest absolute Gasteiger partial charge is 0.497 e. The lowest BCUT2D eigenvalue weighted by Gasteiger charge is -2.36. The molecule has 8 heteroatoms. The number of aryl methyl sites for hydroxylation is 3. The Bertz CT molecular complexity index is 1080. The Kier molecular flexibility index (Phi) is 5.34. The van der Waals surface area contributed by atoms with E-state index < -0.39 is 0 Å². The average Bonchev–Trinajstić information content (AvgIpc) is 3.24. The van der Waals surface area contributed by atoms with Crippen LogP contribution in [0.4, 0.5) is 0 Å². The van der Waals surface area contributed by atoms with Crippen LogP contribution < -0.4 is 4.74 Å². The van der Waals surface area contributed by atoms with Crippen LogP contribution in [0.25, 0.3) is 5.69 Å². The maximum atomic E-state index is 13.4. The summed E-state index contributed by atoms with van der Waals surface area (Å²) >= 11 is 0. The normalized spacial score (nSPS) is 16.7. The number of methoxy groups -OCH3 is 1. The van der Waals surface area contributed by atoms with Gasteiger partial charge in [0.15, 0.2) is 0 Å². The number of aromatic nitrogens is 4. The van der Waals surface area contributed by atoms with Crippen LogP contribution in [0.3, 0.4) is 0 Å². The van der Waals surface area contributed by atoms with Gasteiger partial charge >= 0.3 is 0 Å². The van der Waals surface area contributed by atoms with Gasteiger partial charge < -0.3 is 14.4 Å². The van der Waals surface area contributed by atoms with Gasteiger partial charge in [0.2, 0.25) is 0 Å². The maximum Gasteiger partial charge on any atom is 0.272 e. The SMILES string of the molecule is COc1cccc(-n2nc(C)c([C@H]3COCCN3C(=O)c3cc(C)nn3C)c2C)c1. The van der Waals surface area contributed by atoms with Crippen LogP contribution in [0.5, 0.6) is 5.75 Å². The predicted molar refractivity (Wildman–Crippen MR) is 112 cm³/mol. The van der Waals surface area contributed by atoms with E-state index in [1.54, 1.807) is 18.8 Å². The lowest BCUT2D eigenvalue weighted by molar-refractivity contribution is -0.00360. The van der Waals surface area contributed by atoms with E-state index in [1.807, 2.05) is 60.7 Å². The summed E-state index contributed by atoms with van der Waals surface area (Å²) in [6.07, 6.45) is 0. The minimum atomic E-state index is -0.208. The highest BCUT2D eigenvalue weighted by Gasteiger charge is 2.34. The third-order valence-corrected chi connectivity index (χ3v) is 5.59. The molecule has 2 aromatic heterocycles. The molecule has 1 atom stereocenters. The number of ether oxygens (including phenoxy) is 2. The molecule has 0 saturated carbocycles. The summed E-state index contributed by atoms with van der Waals surface area (Å²) in [5, 5.41) is 9.10. The van der Waals surface area contributed by atoms with Crippen LogP contribution in [0.1, 0.15) is 39.2 Å². The van der Waals surface area contributed by atoms with E-state index in [1.165, 1.54) is 0 Å². The molecular weight excluding hydrogens is 382 g/mol. The van der Waals surface area contributed by atoms with Crippen LogP contribution >= 0.6 is 0 Å². The van der Waals surface area contributed by atoms with E-state index in [0.29, 0.717) is 25.5 Å². The van der Waals surface area contributed by atoms with Crippen molar-refractivity contribution in [2.45, 2.75) is 26.8 Å². The van der Waals surface area contributed by atoms with E-state index in [2.05, 4.69) is 5.10 Å². The molecule has 0 N–H and O–H groups in total. The second-order valence-electron chi connectivity index (χ2n) is 7.58. The molecule has 158 valence electrons. The molecule has 3 aromatic rings. The molecule has 0 aliphatic carbocycles. The minimum absolute atomic E-state index is 0.0423. The van der Waals surface area contributed by atoms with Gasteiger partial charge in [0, 0.05) is 30.9 Å². The lowest BCUT2D eigenvalue weighted by Crippen LogP contribution is -2.44. The molecule has 4 rings (SSSR count). The average molecular weight is 409 g/mol. The van der Waals surface area contributed by atoms with Crippen molar-refractivity contribution in [3.8, 4) is 11.4 Å². The van der Waals surface area contributed by atoms with Crippen molar-refractivity contribution in [2.24, 2.45) is 7.05 Å². The zero-order valence-electron chi connectivity index (χ0n) is 18.0. The highest BCUT2D eigenvalue weighted by atomic mass is 16.5. The quantitative estimate of drug-likeness (QED) is 0.662. The van der Waals surface area contributed by atoms with Gasteiger partial charge in [-0.1, -0.05) is 6.07 Å². The van der Waals surface area contributed by atoms with Crippen molar-refractivity contribution in [3.05, 3.63) is 58.7 Å². The lowest BCUT2D eigenvalue weighted by atomic mass is 10.0. The monoisotopic (exact) mass is 409 g/mol. The maximum absolute atomic E-state index is 13.4. The topological polar surface area (TPSA) is 74.4 Å². The summed E-state index contributed by atoms with van der Waals surface area (Å²) in [4.78, 5) is 15.2. The van der Waals surface area contributed by atoms with E-state index >= 15 is 0 Å². The van der Waals surface area contributed by atoms with Crippen molar-refractivity contribution in [1.82, 2.24) is 24.5 Å². The van der Waals surface area contributed by atoms with Gasteiger partial charge in [-0.05, 0) is 39.0 Å². The molecule has 1 aliphatic heterocycles. The Labute approximate surface area is 176 Å². The van der Waals surface area contributed by atoms with Crippen molar-refractivity contribution in [3.63, 3.8) is 0 Å². The fraction of sp³-hybridized carbons (Fsp3) is 0.409. The van der Waals surface area contributed by atoms with Crippen molar-refractivity contribution >= 4 is 5.91 Å². The molecular formula is C22H27N5O3. The first-order valence-electron chi connectivity index (χ1n) is 10.0. The number of carbonyl (C=O) groups is 1. The number of hydrogen-bond acceptors (Lipinski definition) is 5. The number of amides is 1. The number of carbonyl (C=O) groups excluding carboxylic acids is 1. The van der Waals surface area contributed by atoms with Crippen LogP contribution in [-0.4, -0.2) is 57.2 Å². The number of benzene rings is 1. The summed E-state index contributed by atoms with van der Waals surface area (Å²) in [6.45, 7) is 7.37. The van der Waals surface area contributed by atoms with Crippen LogP contribution in [0.2, 0.25) is 0 Å². The van der Waals surface area contributed by atoms with Crippen LogP contribution in [-0.2, 0) is 11.8 Å². The highest BCUT2D eigenvalue weighted by Crippen LogP contribution is 2.32. The number of morpholine rings is 1. The summed E-state index contributed by atoms with van der Waals surface area (Å²) in [5.41, 5.74) is 5.20. The Morgan fingerprint density at radius 2 is 2.00 bits per heavy atom. The van der Waals surface area contributed by atoms with Crippen LogP contribution in [0, 0.1) is 20.8 Å². The fourth-order valence-electron chi connectivity index (χ4n) is 4.17. The van der Waals surface area contributed by atoms with Crippen molar-refractivity contribution < 1.29 is 14.3 Å². The van der Waals surface area contributed by atoms with Gasteiger partial charge in [0.25, 0.3) is 5.91 Å². The first-order chi connectivity index (χ1) is 14.4. The van der Waals surface area contributed by atoms with Gasteiger partial charge in [-0.3, -0.25) is 9.48 Å². The zero-order valence-corrected chi connectivity index (χ0v) is 18.0. The molecule has 1 amide bonds. The summed E-state index contributed by atoms with van der Waals surface area (Å²) in [5.74, 6) is 0.727. The van der Waals surface area contributed by atoms with E-state index in [0.717, 1.165) is 34.1 Å². The molecule has 0 unspecified atom stereocenters. The Morgan fingerprint density at radius 1 is 1.20 bits per heavy atom. The number of rotatable bonds is 4. The molecule has 30 heavy (non-hydrogen) atoms. The summed E-state index contributed by atoms with van der Waals surface area (Å²) in [7, 11) is 3.45. The molecule has 1 aromatic carbocycles. The van der Waals surface area contributed by atoms with Gasteiger partial charge in [-0.15, -0.1) is 0 Å². The molecule has 0 spiro atoms. The second kappa shape index (κ2) is 7.95. The smallest absolute Gasteiger partial charge is 0.272 e. The van der Waals surface area contributed by atoms with E-state index in [-0.39, 0.29) is 11.9 Å². The molecule has 3 heterocycles. The molecule has 1 fully saturated rings. The third-order valence-electron chi connectivity index (χ3n) is 5.59. The van der Waals surface area contributed by atoms with Gasteiger partial charge in [-0.2, -0.15) is 10.2 Å². The molecule has 8 nitrogen and oxygen atoms in total. The molecule has 0 radical (unpaired) electrons. The highest BCUT2D eigenvalue weighted by molar-refractivity contribution is 5.93. The van der Waals surface area contributed by atoms with Crippen molar-refractivity contribution in [1.29, 1.82) is 0 Å². The summed E-state index contributed by atoms with van der Waals surface area (Å²) < 4.78 is 14.7. The summed E-state index contributed by atoms with van der Waals surface area (Å²) in [6, 6.07) is 9.40. The Morgan fingerprint density at radius 3 is 2.70 bits per heavy atom. The molecule has 1 aliphatic rings. The van der Waals surface area contributed by atoms with E-state index in [9.17, 15) is 4.79 Å². The van der Waals surface area contributed by atoms with Crippen molar-refractivity contribution in [2.75, 3.05) is 26.9 Å². The third kappa shape index (κ3) is 3.47. The van der Waals surface area contributed by atoms with Gasteiger partial charge in [0.05, 0.1) is 43.4 Å². The fourth-order valence-corrected chi connectivity index (χ4v) is 4.17. The Balaban J connectivity index is 1.73. The minimum Gasteiger partial charge on any atom is -0.497 e. The van der Waals surface area contributed by atoms with E-state index in [4.69, 9.17) is 14.6 Å². The molecule has 0 bridgehead atoms. The predicted octanol–water partition coefficient (Wildman–Crippen LogP) is 2.75. The first-order valence-corrected chi connectivity index (χ1v) is 10.0. The van der Waals surface area contributed by atoms with Gasteiger partial charge in [0.1, 0.15) is 11.4 Å². The first kappa shape index (κ1) is 20.2.